The summed E-state index contributed by atoms with van der Waals surface area (Å²) in [6.45, 7) is 2.16. The fourth-order valence-electron chi connectivity index (χ4n) is 2.52. The van der Waals surface area contributed by atoms with Gasteiger partial charge in [0, 0.05) is 16.7 Å². The van der Waals surface area contributed by atoms with Crippen molar-refractivity contribution in [2.45, 2.75) is 50.0 Å². The van der Waals surface area contributed by atoms with Gasteiger partial charge in [-0.05, 0) is 36.8 Å². The van der Waals surface area contributed by atoms with Gasteiger partial charge in [0.25, 0.3) is 0 Å². The van der Waals surface area contributed by atoms with Crippen LogP contribution in [0.1, 0.15) is 50.6 Å². The third-order valence-electron chi connectivity index (χ3n) is 3.71. The number of nitrogens with two attached hydrogens (primary N) is 1. The van der Waals surface area contributed by atoms with Gasteiger partial charge >= 0.3 is 0 Å². The van der Waals surface area contributed by atoms with E-state index in [0.29, 0.717) is 0 Å². The first-order valence-electron chi connectivity index (χ1n) is 6.78. The highest BCUT2D eigenvalue weighted by Crippen LogP contribution is 2.33. The van der Waals surface area contributed by atoms with Crippen LogP contribution in [0.2, 0.25) is 0 Å². The van der Waals surface area contributed by atoms with E-state index in [2.05, 4.69) is 31.2 Å². The summed E-state index contributed by atoms with van der Waals surface area (Å²) in [5, 5.41) is 0. The van der Waals surface area contributed by atoms with Crippen LogP contribution < -0.4 is 5.73 Å². The molecule has 1 aromatic carbocycles. The highest BCUT2D eigenvalue weighted by atomic mass is 32.2. The zero-order valence-corrected chi connectivity index (χ0v) is 11.5. The molecule has 0 bridgehead atoms. The molecule has 0 radical (unpaired) electrons. The first-order valence-corrected chi connectivity index (χ1v) is 7.77. The summed E-state index contributed by atoms with van der Waals surface area (Å²) in [4.78, 5) is 1.40. The van der Waals surface area contributed by atoms with Crippen molar-refractivity contribution in [1.82, 2.24) is 0 Å². The predicted octanol–water partition coefficient (Wildman–Crippen LogP) is 4.38. The largest absolute Gasteiger partial charge is 0.324 e. The van der Waals surface area contributed by atoms with Crippen LogP contribution in [-0.4, -0.2) is 5.75 Å². The molecule has 0 heterocycles. The molecule has 1 saturated carbocycles. The van der Waals surface area contributed by atoms with Crippen molar-refractivity contribution in [2.24, 2.45) is 11.7 Å². The Bertz CT molecular complexity index is 345. The van der Waals surface area contributed by atoms with Gasteiger partial charge in [-0.2, -0.15) is 0 Å². The van der Waals surface area contributed by atoms with Crippen LogP contribution in [0.25, 0.3) is 0 Å². The maximum Gasteiger partial charge on any atom is 0.0303 e. The second kappa shape index (κ2) is 6.46. The van der Waals surface area contributed by atoms with Crippen LogP contribution in [0.5, 0.6) is 0 Å². The third kappa shape index (κ3) is 3.49. The van der Waals surface area contributed by atoms with Crippen molar-refractivity contribution in [3.05, 3.63) is 29.8 Å². The Labute approximate surface area is 109 Å². The lowest BCUT2D eigenvalue weighted by molar-refractivity contribution is 0.622. The number of rotatable bonds is 5. The SMILES string of the molecule is CCC(N)c1ccccc1SCC1CCCC1. The molecule has 1 aliphatic rings. The van der Waals surface area contributed by atoms with Gasteiger partial charge in [-0.1, -0.05) is 38.0 Å². The van der Waals surface area contributed by atoms with Gasteiger partial charge in [-0.15, -0.1) is 11.8 Å². The van der Waals surface area contributed by atoms with Crippen molar-refractivity contribution < 1.29 is 0 Å². The van der Waals surface area contributed by atoms with E-state index in [-0.39, 0.29) is 6.04 Å². The molecule has 0 spiro atoms. The van der Waals surface area contributed by atoms with E-state index in [4.69, 9.17) is 5.73 Å². The Morgan fingerprint density at radius 3 is 2.71 bits per heavy atom. The molecular weight excluding hydrogens is 226 g/mol. The van der Waals surface area contributed by atoms with Gasteiger partial charge in [0.05, 0.1) is 0 Å². The summed E-state index contributed by atoms with van der Waals surface area (Å²) in [6, 6.07) is 8.84. The molecule has 1 aliphatic carbocycles. The van der Waals surface area contributed by atoms with Crippen molar-refractivity contribution in [1.29, 1.82) is 0 Å². The van der Waals surface area contributed by atoms with E-state index >= 15 is 0 Å². The monoisotopic (exact) mass is 249 g/mol. The van der Waals surface area contributed by atoms with Crippen LogP contribution >= 0.6 is 11.8 Å². The molecule has 2 heteroatoms. The first kappa shape index (κ1) is 13.0. The summed E-state index contributed by atoms with van der Waals surface area (Å²) in [5.41, 5.74) is 7.50. The first-order chi connectivity index (χ1) is 8.31. The van der Waals surface area contributed by atoms with E-state index < -0.39 is 0 Å². The summed E-state index contributed by atoms with van der Waals surface area (Å²) >= 11 is 2.01. The Morgan fingerprint density at radius 2 is 2.00 bits per heavy atom. The third-order valence-corrected chi connectivity index (χ3v) is 5.03. The van der Waals surface area contributed by atoms with Crippen molar-refractivity contribution >= 4 is 11.8 Å². The molecule has 1 unspecified atom stereocenters. The smallest absolute Gasteiger partial charge is 0.0303 e. The van der Waals surface area contributed by atoms with E-state index in [0.717, 1.165) is 12.3 Å². The van der Waals surface area contributed by atoms with E-state index in [9.17, 15) is 0 Å². The lowest BCUT2D eigenvalue weighted by Gasteiger charge is -2.15. The van der Waals surface area contributed by atoms with Crippen LogP contribution in [0.4, 0.5) is 0 Å². The average molecular weight is 249 g/mol. The molecule has 94 valence electrons. The minimum Gasteiger partial charge on any atom is -0.324 e. The van der Waals surface area contributed by atoms with Crippen LogP contribution in [0.15, 0.2) is 29.2 Å². The minimum absolute atomic E-state index is 0.197. The number of hydrogen-bond acceptors (Lipinski definition) is 2. The van der Waals surface area contributed by atoms with Crippen molar-refractivity contribution in [3.63, 3.8) is 0 Å². The Morgan fingerprint density at radius 1 is 1.29 bits per heavy atom. The molecule has 0 aliphatic heterocycles. The molecule has 17 heavy (non-hydrogen) atoms. The molecule has 1 fully saturated rings. The van der Waals surface area contributed by atoms with Crippen LogP contribution in [-0.2, 0) is 0 Å². The van der Waals surface area contributed by atoms with Crippen molar-refractivity contribution in [2.75, 3.05) is 5.75 Å². The van der Waals surface area contributed by atoms with E-state index in [1.54, 1.807) is 0 Å². The standard InChI is InChI=1S/C15H23NS/c1-2-14(16)13-9-5-6-10-15(13)17-11-12-7-3-4-8-12/h5-6,9-10,12,14H,2-4,7-8,11,16H2,1H3. The maximum absolute atomic E-state index is 6.17. The van der Waals surface area contributed by atoms with Crippen LogP contribution in [0.3, 0.4) is 0 Å². The average Bonchev–Trinajstić information content (AvgIpc) is 2.89. The molecule has 2 rings (SSSR count). The van der Waals surface area contributed by atoms with Crippen molar-refractivity contribution in [3.8, 4) is 0 Å². The molecule has 0 aromatic heterocycles. The quantitative estimate of drug-likeness (QED) is 0.784. The van der Waals surface area contributed by atoms with Gasteiger partial charge in [0.2, 0.25) is 0 Å². The van der Waals surface area contributed by atoms with E-state index in [1.165, 1.54) is 41.9 Å². The Hall–Kier alpha value is -0.470. The Balaban J connectivity index is 1.98. The summed E-state index contributed by atoms with van der Waals surface area (Å²) in [5.74, 6) is 2.21. The maximum atomic E-state index is 6.17. The molecule has 2 N–H and O–H groups in total. The summed E-state index contributed by atoms with van der Waals surface area (Å²) < 4.78 is 0. The summed E-state index contributed by atoms with van der Waals surface area (Å²) in [7, 11) is 0. The molecule has 1 nitrogen and oxygen atoms in total. The van der Waals surface area contributed by atoms with Gasteiger partial charge in [0.1, 0.15) is 0 Å². The lowest BCUT2D eigenvalue weighted by Crippen LogP contribution is -2.10. The highest BCUT2D eigenvalue weighted by Gasteiger charge is 2.16. The highest BCUT2D eigenvalue weighted by molar-refractivity contribution is 7.99. The topological polar surface area (TPSA) is 26.0 Å². The van der Waals surface area contributed by atoms with Crippen LogP contribution in [0, 0.1) is 5.92 Å². The molecule has 1 atom stereocenters. The zero-order chi connectivity index (χ0) is 12.1. The number of hydrogen-bond donors (Lipinski definition) is 1. The van der Waals surface area contributed by atoms with Gasteiger partial charge in [0.15, 0.2) is 0 Å². The molecule has 0 amide bonds. The van der Waals surface area contributed by atoms with E-state index in [1.807, 2.05) is 11.8 Å². The number of benzene rings is 1. The zero-order valence-electron chi connectivity index (χ0n) is 10.7. The molecule has 1 aromatic rings. The normalized spacial score (nSPS) is 18.5. The van der Waals surface area contributed by atoms with Gasteiger partial charge in [-0.3, -0.25) is 0 Å². The molecular formula is C15H23NS. The van der Waals surface area contributed by atoms with Gasteiger partial charge in [-0.25, -0.2) is 0 Å². The second-order valence-electron chi connectivity index (χ2n) is 5.01. The second-order valence-corrected chi connectivity index (χ2v) is 6.08. The number of thioether (sulfide) groups is 1. The Kier molecular flexibility index (Phi) is 4.93. The molecule has 0 saturated heterocycles. The fraction of sp³-hybridized carbons (Fsp3) is 0.600. The van der Waals surface area contributed by atoms with Gasteiger partial charge < -0.3 is 5.73 Å². The lowest BCUT2D eigenvalue weighted by atomic mass is 10.1. The minimum atomic E-state index is 0.197. The predicted molar refractivity (Wildman–Crippen MR) is 76.3 cm³/mol. The fourth-order valence-corrected chi connectivity index (χ4v) is 3.83. The summed E-state index contributed by atoms with van der Waals surface area (Å²) in [6.07, 6.45) is 6.73.